The van der Waals surface area contributed by atoms with E-state index in [1.807, 2.05) is 0 Å². The van der Waals surface area contributed by atoms with E-state index < -0.39 is 0 Å². The zero-order valence-electron chi connectivity index (χ0n) is 12.8. The molecule has 0 saturated heterocycles. The van der Waals surface area contributed by atoms with E-state index in [0.717, 1.165) is 11.7 Å². The van der Waals surface area contributed by atoms with Gasteiger partial charge in [0, 0.05) is 0 Å². The zero-order valence-corrected chi connectivity index (χ0v) is 13.7. The van der Waals surface area contributed by atoms with Gasteiger partial charge < -0.3 is 0 Å². The Balaban J connectivity index is 3.12. The van der Waals surface area contributed by atoms with Crippen molar-refractivity contribution in [2.24, 2.45) is 0 Å². The van der Waals surface area contributed by atoms with E-state index in [-0.39, 0.29) is 0 Å². The topological polar surface area (TPSA) is 0 Å². The van der Waals surface area contributed by atoms with E-state index in [1.54, 1.807) is 0 Å². The summed E-state index contributed by atoms with van der Waals surface area (Å²) in [4.78, 5) is 0. The standard InChI is InChI=1S/C18H33.Cu/c1-3-5-7-9-11-13-15-17-18-16-14-12-10-8-6-4-2;/h12,14,17-18H,1,3-11,13,15-16H2,2H3;/b14-12-,18-17-;. The van der Waals surface area contributed by atoms with Crippen molar-refractivity contribution in [3.63, 3.8) is 0 Å². The van der Waals surface area contributed by atoms with Gasteiger partial charge in [0.15, 0.2) is 0 Å². The van der Waals surface area contributed by atoms with Gasteiger partial charge in [0.2, 0.25) is 0 Å². The van der Waals surface area contributed by atoms with Gasteiger partial charge in [0.05, 0.1) is 0 Å². The van der Waals surface area contributed by atoms with Crippen LogP contribution in [-0.2, 0) is 16.0 Å². The van der Waals surface area contributed by atoms with E-state index in [0.29, 0.717) is 0 Å². The second kappa shape index (κ2) is 18.0. The monoisotopic (exact) mass is 312 g/mol. The predicted molar refractivity (Wildman–Crippen MR) is 84.2 cm³/mol. The summed E-state index contributed by atoms with van der Waals surface area (Å²) in [7, 11) is 0. The number of unbranched alkanes of at least 4 members (excludes halogenated alkanes) is 9. The summed E-state index contributed by atoms with van der Waals surface area (Å²) in [6.45, 7) is 2.26. The molecule has 116 valence electrons. The van der Waals surface area contributed by atoms with Crippen molar-refractivity contribution in [1.82, 2.24) is 0 Å². The van der Waals surface area contributed by atoms with Crippen molar-refractivity contribution in [3.05, 3.63) is 24.3 Å². The Labute approximate surface area is 129 Å². The maximum absolute atomic E-state index is 5.07. The van der Waals surface area contributed by atoms with E-state index in [9.17, 15) is 0 Å². The van der Waals surface area contributed by atoms with E-state index in [4.69, 9.17) is 16.0 Å². The van der Waals surface area contributed by atoms with Gasteiger partial charge in [-0.2, -0.15) is 0 Å². The molecule has 0 spiro atoms. The molecule has 0 aromatic rings. The summed E-state index contributed by atoms with van der Waals surface area (Å²) >= 11 is 5.07. The summed E-state index contributed by atoms with van der Waals surface area (Å²) in [6, 6.07) is 0. The molecule has 0 N–H and O–H groups in total. The number of allylic oxidation sites excluding steroid dienone is 4. The Morgan fingerprint density at radius 1 is 0.632 bits per heavy atom. The Morgan fingerprint density at radius 2 is 1.16 bits per heavy atom. The third-order valence-electron chi connectivity index (χ3n) is 3.31. The molecule has 0 rings (SSSR count). The van der Waals surface area contributed by atoms with Crippen molar-refractivity contribution >= 4 is 0 Å². The Kier molecular flexibility index (Phi) is 18.0. The molecule has 0 unspecified atom stereocenters. The molecule has 0 aromatic heterocycles. The number of hydrogen-bond acceptors (Lipinski definition) is 0. The molecule has 0 amide bonds. The van der Waals surface area contributed by atoms with Gasteiger partial charge in [0.1, 0.15) is 0 Å². The fraction of sp³-hybridized carbons (Fsp3) is 0.778. The number of rotatable bonds is 14. The molecule has 0 aromatic carbocycles. The first-order valence-corrected chi connectivity index (χ1v) is 8.89. The summed E-state index contributed by atoms with van der Waals surface area (Å²) in [5.74, 6) is 0. The van der Waals surface area contributed by atoms with Crippen LogP contribution >= 0.6 is 0 Å². The molecule has 0 heterocycles. The Morgan fingerprint density at radius 3 is 1.74 bits per heavy atom. The van der Waals surface area contributed by atoms with Crippen LogP contribution in [0.15, 0.2) is 24.3 Å². The molecule has 0 atom stereocenters. The Bertz CT molecular complexity index is 206. The molecule has 0 bridgehead atoms. The second-order valence-corrected chi connectivity index (χ2v) is 5.71. The molecule has 0 aliphatic carbocycles. The minimum absolute atomic E-state index is 0.918. The van der Waals surface area contributed by atoms with Crippen LogP contribution in [0.3, 0.4) is 0 Å². The average Bonchev–Trinajstić information content (AvgIpc) is 2.43. The minimum atomic E-state index is 0.918. The fourth-order valence-corrected chi connectivity index (χ4v) is 2.30. The van der Waals surface area contributed by atoms with E-state index >= 15 is 0 Å². The molecule has 0 aliphatic rings. The van der Waals surface area contributed by atoms with Crippen LogP contribution in [-0.4, -0.2) is 0 Å². The fourth-order valence-electron chi connectivity index (χ4n) is 2.06. The quantitative estimate of drug-likeness (QED) is 0.189. The molecular formula is C18H33Cu. The van der Waals surface area contributed by atoms with Crippen LogP contribution in [0.25, 0.3) is 0 Å². The SMILES string of the molecule is CCCCC/C=C\C/C=C\CCCCCCC[CH2][Cu]. The van der Waals surface area contributed by atoms with Crippen molar-refractivity contribution in [2.75, 3.05) is 0 Å². The molecule has 0 radical (unpaired) electrons. The third kappa shape index (κ3) is 18.0. The second-order valence-electron chi connectivity index (χ2n) is 5.24. The first-order chi connectivity index (χ1) is 9.41. The van der Waals surface area contributed by atoms with Crippen LogP contribution in [0.2, 0.25) is 5.32 Å². The van der Waals surface area contributed by atoms with Crippen molar-refractivity contribution < 1.29 is 16.0 Å². The third-order valence-corrected chi connectivity index (χ3v) is 3.64. The molecule has 0 nitrogen and oxygen atoms in total. The normalized spacial score (nSPS) is 11.9. The molecular weight excluding hydrogens is 280 g/mol. The van der Waals surface area contributed by atoms with Crippen molar-refractivity contribution in [1.29, 1.82) is 0 Å². The molecule has 0 fully saturated rings. The first-order valence-electron chi connectivity index (χ1n) is 8.22. The zero-order chi connectivity index (χ0) is 14.0. The van der Waals surface area contributed by atoms with Crippen LogP contribution in [0.4, 0.5) is 0 Å². The van der Waals surface area contributed by atoms with Crippen LogP contribution < -0.4 is 0 Å². The van der Waals surface area contributed by atoms with Gasteiger partial charge in [-0.15, -0.1) is 0 Å². The predicted octanol–water partition coefficient (Wildman–Crippen LogP) is 6.77. The summed E-state index contributed by atoms with van der Waals surface area (Å²) < 4.78 is 0. The Hall–Kier alpha value is -0.000519. The van der Waals surface area contributed by atoms with Gasteiger partial charge in [-0.1, -0.05) is 25.8 Å². The van der Waals surface area contributed by atoms with Gasteiger partial charge in [0.25, 0.3) is 0 Å². The van der Waals surface area contributed by atoms with Gasteiger partial charge >= 0.3 is 90.9 Å². The van der Waals surface area contributed by atoms with Crippen molar-refractivity contribution in [2.45, 2.75) is 89.3 Å². The average molecular weight is 313 g/mol. The molecule has 0 aliphatic heterocycles. The van der Waals surface area contributed by atoms with Gasteiger partial charge in [-0.05, 0) is 12.8 Å². The first kappa shape index (κ1) is 19.0. The van der Waals surface area contributed by atoms with Crippen LogP contribution in [0, 0.1) is 0 Å². The van der Waals surface area contributed by atoms with E-state index in [2.05, 4.69) is 31.2 Å². The van der Waals surface area contributed by atoms with Gasteiger partial charge in [-0.3, -0.25) is 0 Å². The molecule has 19 heavy (non-hydrogen) atoms. The van der Waals surface area contributed by atoms with Crippen molar-refractivity contribution in [3.8, 4) is 0 Å². The molecule has 0 saturated carbocycles. The van der Waals surface area contributed by atoms with Crippen LogP contribution in [0.5, 0.6) is 0 Å². The summed E-state index contributed by atoms with van der Waals surface area (Å²) in [5.41, 5.74) is 0. The van der Waals surface area contributed by atoms with Crippen LogP contribution in [0.1, 0.15) is 84.0 Å². The number of hydrogen-bond donors (Lipinski definition) is 0. The van der Waals surface area contributed by atoms with Gasteiger partial charge in [-0.25, -0.2) is 0 Å². The summed E-state index contributed by atoms with van der Waals surface area (Å²) in [6.07, 6.45) is 25.0. The van der Waals surface area contributed by atoms with E-state index in [1.165, 1.54) is 70.6 Å². The molecule has 1 heteroatoms. The summed E-state index contributed by atoms with van der Waals surface area (Å²) in [5, 5.41) is 0.918. The maximum atomic E-state index is 5.07.